The maximum absolute atomic E-state index is 12.8. The Morgan fingerprint density at radius 2 is 1.78 bits per heavy atom. The maximum Gasteiger partial charge on any atom is 0.227 e. The van der Waals surface area contributed by atoms with Crippen molar-refractivity contribution < 1.29 is 14.4 Å². The number of hydrogen-bond acceptors (Lipinski definition) is 3. The second-order valence-electron chi connectivity index (χ2n) is 7.93. The first-order valence-corrected chi connectivity index (χ1v) is 9.98. The van der Waals surface area contributed by atoms with E-state index in [0.29, 0.717) is 25.9 Å². The second-order valence-corrected chi connectivity index (χ2v) is 7.93. The first-order valence-electron chi connectivity index (χ1n) is 9.98. The summed E-state index contributed by atoms with van der Waals surface area (Å²) in [7, 11) is 1.80. The highest BCUT2D eigenvalue weighted by atomic mass is 16.2. The molecule has 144 valence electrons. The minimum absolute atomic E-state index is 0.121. The summed E-state index contributed by atoms with van der Waals surface area (Å²) in [5.41, 5.74) is 3.09. The SMILES string of the molecule is CN1C(=O)CCc2cc(CC(=O)N3CCCN(C(=O)C4CC4)CC3)ccc21. The predicted octanol–water partition coefficient (Wildman–Crippen LogP) is 1.61. The van der Waals surface area contributed by atoms with Crippen molar-refractivity contribution in [3.8, 4) is 0 Å². The largest absolute Gasteiger partial charge is 0.341 e. The number of nitrogens with zero attached hydrogens (tertiary/aromatic N) is 3. The number of rotatable bonds is 3. The number of benzene rings is 1. The molecule has 6 nitrogen and oxygen atoms in total. The molecule has 2 heterocycles. The molecule has 1 saturated carbocycles. The third-order valence-electron chi connectivity index (χ3n) is 5.93. The van der Waals surface area contributed by atoms with Crippen molar-refractivity contribution in [3.63, 3.8) is 0 Å². The van der Waals surface area contributed by atoms with Crippen LogP contribution in [0.2, 0.25) is 0 Å². The fraction of sp³-hybridized carbons (Fsp3) is 0.571. The van der Waals surface area contributed by atoms with E-state index in [2.05, 4.69) is 6.07 Å². The highest BCUT2D eigenvalue weighted by molar-refractivity contribution is 5.96. The average molecular weight is 369 g/mol. The molecule has 0 spiro atoms. The minimum atomic E-state index is 0.121. The Bertz CT molecular complexity index is 772. The molecule has 0 atom stereocenters. The van der Waals surface area contributed by atoms with Crippen LogP contribution in [0.25, 0.3) is 0 Å². The molecule has 2 aliphatic heterocycles. The third kappa shape index (κ3) is 3.84. The van der Waals surface area contributed by atoms with Crippen molar-refractivity contribution in [1.82, 2.24) is 9.80 Å². The van der Waals surface area contributed by atoms with E-state index in [1.165, 1.54) is 0 Å². The molecule has 4 rings (SSSR count). The van der Waals surface area contributed by atoms with Crippen molar-refractivity contribution in [1.29, 1.82) is 0 Å². The van der Waals surface area contributed by atoms with Crippen LogP contribution in [0.3, 0.4) is 0 Å². The number of carbonyl (C=O) groups excluding carboxylic acids is 3. The van der Waals surface area contributed by atoms with E-state index in [-0.39, 0.29) is 23.6 Å². The Balaban J connectivity index is 1.37. The first kappa shape index (κ1) is 18.0. The van der Waals surface area contributed by atoms with E-state index in [0.717, 1.165) is 55.6 Å². The molecular formula is C21H27N3O3. The summed E-state index contributed by atoms with van der Waals surface area (Å²) >= 11 is 0. The summed E-state index contributed by atoms with van der Waals surface area (Å²) in [5, 5.41) is 0. The Hall–Kier alpha value is -2.37. The zero-order valence-electron chi connectivity index (χ0n) is 15.9. The lowest BCUT2D eigenvalue weighted by Crippen LogP contribution is -2.38. The van der Waals surface area contributed by atoms with E-state index >= 15 is 0 Å². The molecule has 0 bridgehead atoms. The number of aryl methyl sites for hydroxylation is 1. The van der Waals surface area contributed by atoms with Gasteiger partial charge in [0.05, 0.1) is 6.42 Å². The summed E-state index contributed by atoms with van der Waals surface area (Å²) in [4.78, 5) is 42.4. The number of hydrogen-bond donors (Lipinski definition) is 0. The van der Waals surface area contributed by atoms with Crippen molar-refractivity contribution in [3.05, 3.63) is 29.3 Å². The van der Waals surface area contributed by atoms with Gasteiger partial charge in [-0.15, -0.1) is 0 Å². The Labute approximate surface area is 160 Å². The van der Waals surface area contributed by atoms with Crippen LogP contribution in [0, 0.1) is 5.92 Å². The van der Waals surface area contributed by atoms with E-state index in [4.69, 9.17) is 0 Å². The van der Waals surface area contributed by atoms with Crippen LogP contribution >= 0.6 is 0 Å². The standard InChI is InChI=1S/C21H27N3O3/c1-22-18-7-3-15(13-17(18)6-8-19(22)25)14-20(26)23-9-2-10-24(12-11-23)21(27)16-4-5-16/h3,7,13,16H,2,4-6,8-12,14H2,1H3. The first-order chi connectivity index (χ1) is 13.0. The van der Waals surface area contributed by atoms with Gasteiger partial charge in [-0.1, -0.05) is 12.1 Å². The summed E-state index contributed by atoms with van der Waals surface area (Å²) in [6, 6.07) is 5.97. The van der Waals surface area contributed by atoms with Crippen molar-refractivity contribution in [2.24, 2.45) is 5.92 Å². The van der Waals surface area contributed by atoms with Crippen LogP contribution < -0.4 is 4.90 Å². The van der Waals surface area contributed by atoms with Crippen molar-refractivity contribution in [2.45, 2.75) is 38.5 Å². The quantitative estimate of drug-likeness (QED) is 0.813. The Morgan fingerprint density at radius 3 is 2.56 bits per heavy atom. The molecule has 6 heteroatoms. The molecular weight excluding hydrogens is 342 g/mol. The Kier molecular flexibility index (Phi) is 4.89. The molecule has 2 fully saturated rings. The smallest absolute Gasteiger partial charge is 0.227 e. The van der Waals surface area contributed by atoms with Gasteiger partial charge in [-0.3, -0.25) is 14.4 Å². The van der Waals surface area contributed by atoms with E-state index in [9.17, 15) is 14.4 Å². The third-order valence-corrected chi connectivity index (χ3v) is 5.93. The highest BCUT2D eigenvalue weighted by Gasteiger charge is 2.34. The van der Waals surface area contributed by atoms with Crippen LogP contribution in [-0.4, -0.2) is 60.7 Å². The Morgan fingerprint density at radius 1 is 1.04 bits per heavy atom. The van der Waals surface area contributed by atoms with Crippen LogP contribution in [0.5, 0.6) is 0 Å². The average Bonchev–Trinajstić information content (AvgIpc) is 3.51. The van der Waals surface area contributed by atoms with Gasteiger partial charge in [0.1, 0.15) is 0 Å². The minimum Gasteiger partial charge on any atom is -0.341 e. The van der Waals surface area contributed by atoms with Crippen molar-refractivity contribution in [2.75, 3.05) is 38.1 Å². The lowest BCUT2D eigenvalue weighted by Gasteiger charge is -2.26. The van der Waals surface area contributed by atoms with Gasteiger partial charge in [0.2, 0.25) is 17.7 Å². The predicted molar refractivity (Wildman–Crippen MR) is 102 cm³/mol. The second kappa shape index (κ2) is 7.33. The molecule has 1 aromatic carbocycles. The topological polar surface area (TPSA) is 60.9 Å². The zero-order valence-corrected chi connectivity index (χ0v) is 15.9. The van der Waals surface area contributed by atoms with Gasteiger partial charge in [-0.05, 0) is 42.9 Å². The molecule has 1 saturated heterocycles. The number of fused-ring (bicyclic) bond motifs is 1. The van der Waals surface area contributed by atoms with Gasteiger partial charge in [0.15, 0.2) is 0 Å². The molecule has 0 aromatic heterocycles. The number of carbonyl (C=O) groups is 3. The van der Waals surface area contributed by atoms with Crippen LogP contribution in [0.4, 0.5) is 5.69 Å². The number of amides is 3. The van der Waals surface area contributed by atoms with E-state index in [1.54, 1.807) is 11.9 Å². The lowest BCUT2D eigenvalue weighted by atomic mass is 9.98. The zero-order chi connectivity index (χ0) is 19.0. The maximum atomic E-state index is 12.8. The molecule has 27 heavy (non-hydrogen) atoms. The van der Waals surface area contributed by atoms with Crippen LogP contribution in [0.1, 0.15) is 36.8 Å². The van der Waals surface area contributed by atoms with E-state index < -0.39 is 0 Å². The molecule has 0 unspecified atom stereocenters. The summed E-state index contributed by atoms with van der Waals surface area (Å²) in [6.45, 7) is 2.76. The molecule has 3 aliphatic rings. The summed E-state index contributed by atoms with van der Waals surface area (Å²) < 4.78 is 0. The van der Waals surface area contributed by atoms with Gasteiger partial charge < -0.3 is 14.7 Å². The molecule has 0 radical (unpaired) electrons. The van der Waals surface area contributed by atoms with E-state index in [1.807, 2.05) is 21.9 Å². The highest BCUT2D eigenvalue weighted by Crippen LogP contribution is 2.31. The van der Waals surface area contributed by atoms with Gasteiger partial charge in [0, 0.05) is 51.3 Å². The molecule has 0 N–H and O–H groups in total. The van der Waals surface area contributed by atoms with Gasteiger partial charge >= 0.3 is 0 Å². The van der Waals surface area contributed by atoms with Gasteiger partial charge in [-0.25, -0.2) is 0 Å². The van der Waals surface area contributed by atoms with Gasteiger partial charge in [0.25, 0.3) is 0 Å². The lowest BCUT2D eigenvalue weighted by molar-refractivity contribution is -0.134. The number of anilines is 1. The van der Waals surface area contributed by atoms with Crippen molar-refractivity contribution >= 4 is 23.4 Å². The van der Waals surface area contributed by atoms with Gasteiger partial charge in [-0.2, -0.15) is 0 Å². The van der Waals surface area contributed by atoms with Crippen LogP contribution in [0.15, 0.2) is 18.2 Å². The normalized spacial score (nSPS) is 20.3. The van der Waals surface area contributed by atoms with Crippen LogP contribution in [-0.2, 0) is 27.2 Å². The summed E-state index contributed by atoms with van der Waals surface area (Å²) in [5.74, 6) is 0.780. The molecule has 1 aliphatic carbocycles. The fourth-order valence-electron chi connectivity index (χ4n) is 4.08. The summed E-state index contributed by atoms with van der Waals surface area (Å²) in [6.07, 6.45) is 4.54. The molecule has 3 amide bonds. The molecule has 1 aromatic rings. The monoisotopic (exact) mass is 369 g/mol. The fourth-order valence-corrected chi connectivity index (χ4v) is 4.08.